The second-order valence-electron chi connectivity index (χ2n) is 5.49. The van der Waals surface area contributed by atoms with Crippen molar-refractivity contribution in [2.24, 2.45) is 0 Å². The van der Waals surface area contributed by atoms with E-state index >= 15 is 0 Å². The van der Waals surface area contributed by atoms with Crippen molar-refractivity contribution >= 4 is 15.8 Å². The van der Waals surface area contributed by atoms with Gasteiger partial charge in [-0.05, 0) is 24.6 Å². The van der Waals surface area contributed by atoms with Gasteiger partial charge in [-0.1, -0.05) is 5.16 Å². The average Bonchev–Trinajstić information content (AvgIpc) is 2.88. The second-order valence-corrected chi connectivity index (χ2v) is 7.36. The summed E-state index contributed by atoms with van der Waals surface area (Å²) in [6, 6.07) is 3.93. The Labute approximate surface area is 134 Å². The second kappa shape index (κ2) is 6.26. The molecule has 2 aromatic heterocycles. The van der Waals surface area contributed by atoms with Crippen LogP contribution in [0.2, 0.25) is 0 Å². The van der Waals surface area contributed by atoms with Gasteiger partial charge in [0.1, 0.15) is 0 Å². The van der Waals surface area contributed by atoms with Crippen molar-refractivity contribution in [1.82, 2.24) is 19.3 Å². The third kappa shape index (κ3) is 3.21. The molecular formula is C14H19N5O3S. The van der Waals surface area contributed by atoms with E-state index in [1.165, 1.54) is 4.31 Å². The molecule has 0 bridgehead atoms. The predicted octanol–water partition coefficient (Wildman–Crippen LogP) is 0.467. The first kappa shape index (κ1) is 15.9. The quantitative estimate of drug-likeness (QED) is 0.864. The van der Waals surface area contributed by atoms with E-state index in [0.29, 0.717) is 26.2 Å². The van der Waals surface area contributed by atoms with E-state index in [1.54, 1.807) is 19.3 Å². The van der Waals surface area contributed by atoms with Crippen LogP contribution in [-0.4, -0.2) is 53.9 Å². The molecule has 0 radical (unpaired) electrons. The normalized spacial score (nSPS) is 17.4. The maximum atomic E-state index is 12.7. The van der Waals surface area contributed by atoms with Crippen LogP contribution < -0.4 is 5.73 Å². The molecule has 3 heterocycles. The van der Waals surface area contributed by atoms with E-state index in [1.807, 2.05) is 12.1 Å². The molecule has 2 aromatic rings. The van der Waals surface area contributed by atoms with Crippen molar-refractivity contribution in [3.8, 4) is 0 Å². The molecule has 0 spiro atoms. The van der Waals surface area contributed by atoms with Gasteiger partial charge in [-0.3, -0.25) is 9.88 Å². The van der Waals surface area contributed by atoms with Crippen LogP contribution in [-0.2, 0) is 16.6 Å². The highest BCUT2D eigenvalue weighted by Gasteiger charge is 2.33. The molecular weight excluding hydrogens is 318 g/mol. The van der Waals surface area contributed by atoms with Gasteiger partial charge < -0.3 is 10.3 Å². The highest BCUT2D eigenvalue weighted by molar-refractivity contribution is 7.89. The summed E-state index contributed by atoms with van der Waals surface area (Å²) in [5, 5.41) is 3.53. The summed E-state index contributed by atoms with van der Waals surface area (Å²) >= 11 is 0. The first-order valence-electron chi connectivity index (χ1n) is 7.31. The van der Waals surface area contributed by atoms with Crippen LogP contribution in [0.25, 0.3) is 0 Å². The SMILES string of the molecule is Cc1onc(N)c1S(=O)(=O)N1CCN(Cc2ccncc2)CC1. The van der Waals surface area contributed by atoms with Gasteiger partial charge in [0.25, 0.3) is 0 Å². The van der Waals surface area contributed by atoms with Crippen molar-refractivity contribution in [3.63, 3.8) is 0 Å². The summed E-state index contributed by atoms with van der Waals surface area (Å²) in [4.78, 5) is 6.19. The van der Waals surface area contributed by atoms with E-state index in [9.17, 15) is 8.42 Å². The Balaban J connectivity index is 1.67. The molecule has 8 nitrogen and oxygen atoms in total. The Morgan fingerprint density at radius 1 is 1.22 bits per heavy atom. The summed E-state index contributed by atoms with van der Waals surface area (Å²) in [5.74, 6) is 0.142. The molecule has 0 amide bonds. The van der Waals surface area contributed by atoms with Gasteiger partial charge in [0.15, 0.2) is 16.5 Å². The maximum Gasteiger partial charge on any atom is 0.250 e. The zero-order valence-electron chi connectivity index (χ0n) is 12.8. The van der Waals surface area contributed by atoms with Gasteiger partial charge in [0.2, 0.25) is 10.0 Å². The number of nitrogens with zero attached hydrogens (tertiary/aromatic N) is 4. The standard InChI is InChI=1S/C14H19N5O3S/c1-11-13(14(15)17-22-11)23(20,21)19-8-6-18(7-9-19)10-12-2-4-16-5-3-12/h2-5H,6-10H2,1H3,(H2,15,17). The molecule has 9 heteroatoms. The number of piperazine rings is 1. The minimum atomic E-state index is -3.66. The first-order valence-corrected chi connectivity index (χ1v) is 8.75. The fourth-order valence-corrected chi connectivity index (χ4v) is 4.30. The number of hydrogen-bond acceptors (Lipinski definition) is 7. The Bertz CT molecular complexity index is 747. The van der Waals surface area contributed by atoms with E-state index in [2.05, 4.69) is 15.0 Å². The van der Waals surface area contributed by atoms with E-state index < -0.39 is 10.0 Å². The lowest BCUT2D eigenvalue weighted by Gasteiger charge is -2.33. The summed E-state index contributed by atoms with van der Waals surface area (Å²) in [6.45, 7) is 4.48. The molecule has 0 unspecified atom stereocenters. The monoisotopic (exact) mass is 337 g/mol. The van der Waals surface area contributed by atoms with Gasteiger partial charge in [0.05, 0.1) is 0 Å². The molecule has 0 saturated carbocycles. The molecule has 3 rings (SSSR count). The highest BCUT2D eigenvalue weighted by Crippen LogP contribution is 2.26. The molecule has 0 atom stereocenters. The van der Waals surface area contributed by atoms with Crippen LogP contribution in [0.3, 0.4) is 0 Å². The maximum absolute atomic E-state index is 12.7. The number of hydrogen-bond donors (Lipinski definition) is 1. The van der Waals surface area contributed by atoms with Gasteiger partial charge in [-0.25, -0.2) is 8.42 Å². The summed E-state index contributed by atoms with van der Waals surface area (Å²) < 4.78 is 31.7. The van der Waals surface area contributed by atoms with E-state index in [4.69, 9.17) is 10.3 Å². The smallest absolute Gasteiger partial charge is 0.250 e. The predicted molar refractivity (Wildman–Crippen MR) is 83.9 cm³/mol. The number of aromatic nitrogens is 2. The van der Waals surface area contributed by atoms with Gasteiger partial charge in [0, 0.05) is 45.1 Å². The third-order valence-corrected chi connectivity index (χ3v) is 5.98. The summed E-state index contributed by atoms with van der Waals surface area (Å²) in [5.41, 5.74) is 6.80. The molecule has 0 aliphatic carbocycles. The third-order valence-electron chi connectivity index (χ3n) is 3.92. The number of rotatable bonds is 4. The minimum absolute atomic E-state index is 0.0138. The summed E-state index contributed by atoms with van der Waals surface area (Å²) in [7, 11) is -3.66. The fraction of sp³-hybridized carbons (Fsp3) is 0.429. The average molecular weight is 337 g/mol. The lowest BCUT2D eigenvalue weighted by molar-refractivity contribution is 0.181. The molecule has 0 aromatic carbocycles. The number of sulfonamides is 1. The number of pyridine rings is 1. The molecule has 1 fully saturated rings. The van der Waals surface area contributed by atoms with Gasteiger partial charge in [-0.15, -0.1) is 0 Å². The van der Waals surface area contributed by atoms with Crippen LogP contribution in [0.5, 0.6) is 0 Å². The zero-order valence-corrected chi connectivity index (χ0v) is 13.7. The van der Waals surface area contributed by atoms with Crippen LogP contribution >= 0.6 is 0 Å². The highest BCUT2D eigenvalue weighted by atomic mass is 32.2. The Hall–Kier alpha value is -1.97. The molecule has 124 valence electrons. The Morgan fingerprint density at radius 3 is 2.43 bits per heavy atom. The van der Waals surface area contributed by atoms with Crippen LogP contribution in [0, 0.1) is 6.92 Å². The van der Waals surface area contributed by atoms with Crippen molar-refractivity contribution in [1.29, 1.82) is 0 Å². The van der Waals surface area contributed by atoms with Crippen molar-refractivity contribution < 1.29 is 12.9 Å². The molecule has 1 aliphatic heterocycles. The number of anilines is 1. The Kier molecular flexibility index (Phi) is 4.33. The number of nitrogen functional groups attached to an aromatic ring is 1. The first-order chi connectivity index (χ1) is 11.0. The minimum Gasteiger partial charge on any atom is -0.380 e. The largest absolute Gasteiger partial charge is 0.380 e. The van der Waals surface area contributed by atoms with Gasteiger partial charge >= 0.3 is 0 Å². The molecule has 1 saturated heterocycles. The zero-order chi connectivity index (χ0) is 16.4. The van der Waals surface area contributed by atoms with E-state index in [0.717, 1.165) is 12.1 Å². The van der Waals surface area contributed by atoms with Crippen molar-refractivity contribution in [2.45, 2.75) is 18.4 Å². The lowest BCUT2D eigenvalue weighted by Crippen LogP contribution is -2.48. The van der Waals surface area contributed by atoms with E-state index in [-0.39, 0.29) is 16.5 Å². The lowest BCUT2D eigenvalue weighted by atomic mass is 10.2. The molecule has 23 heavy (non-hydrogen) atoms. The molecule has 1 aliphatic rings. The topological polar surface area (TPSA) is 106 Å². The number of aryl methyl sites for hydroxylation is 1. The summed E-state index contributed by atoms with van der Waals surface area (Å²) in [6.07, 6.45) is 3.51. The van der Waals surface area contributed by atoms with Crippen LogP contribution in [0.15, 0.2) is 33.9 Å². The molecule has 2 N–H and O–H groups in total. The van der Waals surface area contributed by atoms with Crippen molar-refractivity contribution in [3.05, 3.63) is 35.9 Å². The number of nitrogens with two attached hydrogens (primary N) is 1. The van der Waals surface area contributed by atoms with Crippen LogP contribution in [0.4, 0.5) is 5.82 Å². The van der Waals surface area contributed by atoms with Crippen molar-refractivity contribution in [2.75, 3.05) is 31.9 Å². The fourth-order valence-electron chi connectivity index (χ4n) is 2.70. The van der Waals surface area contributed by atoms with Crippen LogP contribution in [0.1, 0.15) is 11.3 Å². The Morgan fingerprint density at radius 2 is 1.87 bits per heavy atom. The van der Waals surface area contributed by atoms with Gasteiger partial charge in [-0.2, -0.15) is 4.31 Å².